The Morgan fingerprint density at radius 3 is 2.46 bits per heavy atom. The lowest BCUT2D eigenvalue weighted by Crippen LogP contribution is -2.30. The normalized spacial score (nSPS) is 11.5. The molecule has 24 heavy (non-hydrogen) atoms. The van der Waals surface area contributed by atoms with E-state index in [1.807, 2.05) is 0 Å². The first-order valence-corrected chi connectivity index (χ1v) is 7.22. The van der Waals surface area contributed by atoms with Gasteiger partial charge in [-0.2, -0.15) is 0 Å². The Hall–Kier alpha value is -2.96. The van der Waals surface area contributed by atoms with Gasteiger partial charge in [0.25, 0.3) is 5.91 Å². The van der Waals surface area contributed by atoms with E-state index in [1.165, 1.54) is 27.6 Å². The standard InChI is InChI=1S/C17H19NO6/c1-21-13-7-6-11(9-15(13)22-2)12(10-16(19)23-3)18-17(20)14-5-4-8-24-14/h4-9,12H,10H2,1-3H3,(H,18,20). The van der Waals surface area contributed by atoms with Crippen LogP contribution in [-0.4, -0.2) is 33.2 Å². The molecule has 1 aromatic heterocycles. The van der Waals surface area contributed by atoms with Gasteiger partial charge in [-0.15, -0.1) is 0 Å². The molecule has 0 fully saturated rings. The van der Waals surface area contributed by atoms with Crippen molar-refractivity contribution in [2.24, 2.45) is 0 Å². The number of methoxy groups -OCH3 is 3. The van der Waals surface area contributed by atoms with Crippen LogP contribution in [0.15, 0.2) is 41.0 Å². The number of furan rings is 1. The predicted molar refractivity (Wildman–Crippen MR) is 85.1 cm³/mol. The molecule has 0 radical (unpaired) electrons. The number of hydrogen-bond acceptors (Lipinski definition) is 6. The Balaban J connectivity index is 2.28. The second kappa shape index (κ2) is 8.05. The zero-order valence-electron chi connectivity index (χ0n) is 13.7. The zero-order chi connectivity index (χ0) is 17.5. The highest BCUT2D eigenvalue weighted by molar-refractivity contribution is 5.92. The van der Waals surface area contributed by atoms with E-state index in [4.69, 9.17) is 18.6 Å². The highest BCUT2D eigenvalue weighted by Crippen LogP contribution is 2.31. The topological polar surface area (TPSA) is 87.0 Å². The summed E-state index contributed by atoms with van der Waals surface area (Å²) in [5.41, 5.74) is 0.679. The molecular weight excluding hydrogens is 314 g/mol. The molecule has 1 amide bonds. The summed E-state index contributed by atoms with van der Waals surface area (Å²) < 4.78 is 20.2. The summed E-state index contributed by atoms with van der Waals surface area (Å²) in [4.78, 5) is 23.9. The van der Waals surface area contributed by atoms with Crippen LogP contribution in [0.4, 0.5) is 0 Å². The summed E-state index contributed by atoms with van der Waals surface area (Å²) in [5, 5.41) is 2.76. The number of amides is 1. The molecule has 0 aliphatic rings. The Morgan fingerprint density at radius 2 is 1.88 bits per heavy atom. The van der Waals surface area contributed by atoms with Gasteiger partial charge >= 0.3 is 5.97 Å². The number of hydrogen-bond donors (Lipinski definition) is 1. The first kappa shape index (κ1) is 17.4. The number of nitrogens with one attached hydrogen (secondary N) is 1. The quantitative estimate of drug-likeness (QED) is 0.783. The largest absolute Gasteiger partial charge is 0.493 e. The number of carbonyl (C=O) groups excluding carboxylic acids is 2. The Morgan fingerprint density at radius 1 is 1.12 bits per heavy atom. The molecule has 0 aliphatic carbocycles. The first-order valence-electron chi connectivity index (χ1n) is 7.22. The van der Waals surface area contributed by atoms with E-state index in [9.17, 15) is 9.59 Å². The third-order valence-electron chi connectivity index (χ3n) is 3.46. The lowest BCUT2D eigenvalue weighted by atomic mass is 10.0. The molecule has 7 nitrogen and oxygen atoms in total. The molecule has 0 aliphatic heterocycles. The number of carbonyl (C=O) groups is 2. The maximum atomic E-state index is 12.2. The van der Waals surface area contributed by atoms with Gasteiger partial charge < -0.3 is 23.9 Å². The van der Waals surface area contributed by atoms with Crippen molar-refractivity contribution in [2.75, 3.05) is 21.3 Å². The van der Waals surface area contributed by atoms with Crippen LogP contribution in [0.2, 0.25) is 0 Å². The van der Waals surface area contributed by atoms with Gasteiger partial charge in [-0.1, -0.05) is 6.07 Å². The van der Waals surface area contributed by atoms with Crippen LogP contribution in [0.5, 0.6) is 11.5 Å². The summed E-state index contributed by atoms with van der Waals surface area (Å²) in [6, 6.07) is 7.71. The van der Waals surface area contributed by atoms with Crippen molar-refractivity contribution in [3.63, 3.8) is 0 Å². The molecule has 0 bridgehead atoms. The fraction of sp³-hybridized carbons (Fsp3) is 0.294. The van der Waals surface area contributed by atoms with Gasteiger partial charge in [-0.05, 0) is 29.8 Å². The smallest absolute Gasteiger partial charge is 0.307 e. The second-order valence-electron chi connectivity index (χ2n) is 4.90. The van der Waals surface area contributed by atoms with E-state index >= 15 is 0 Å². The van der Waals surface area contributed by atoms with Crippen molar-refractivity contribution in [3.05, 3.63) is 47.9 Å². The van der Waals surface area contributed by atoms with E-state index in [0.29, 0.717) is 17.1 Å². The van der Waals surface area contributed by atoms with E-state index in [1.54, 1.807) is 30.3 Å². The molecule has 2 rings (SSSR count). The fourth-order valence-corrected chi connectivity index (χ4v) is 2.21. The molecule has 1 heterocycles. The minimum Gasteiger partial charge on any atom is -0.493 e. The highest BCUT2D eigenvalue weighted by atomic mass is 16.5. The van der Waals surface area contributed by atoms with Gasteiger partial charge in [0.2, 0.25) is 0 Å². The number of rotatable bonds is 7. The second-order valence-corrected chi connectivity index (χ2v) is 4.90. The molecule has 7 heteroatoms. The zero-order valence-corrected chi connectivity index (χ0v) is 13.7. The van der Waals surface area contributed by atoms with Crippen LogP contribution in [0.3, 0.4) is 0 Å². The van der Waals surface area contributed by atoms with Gasteiger partial charge in [0.15, 0.2) is 17.3 Å². The van der Waals surface area contributed by atoms with E-state index in [0.717, 1.165) is 0 Å². The van der Waals surface area contributed by atoms with Gasteiger partial charge in [0.05, 0.1) is 40.1 Å². The maximum absolute atomic E-state index is 12.2. The molecule has 128 valence electrons. The third kappa shape index (κ3) is 4.07. The maximum Gasteiger partial charge on any atom is 0.307 e. The lowest BCUT2D eigenvalue weighted by Gasteiger charge is -2.19. The van der Waals surface area contributed by atoms with Crippen LogP contribution in [0.25, 0.3) is 0 Å². The van der Waals surface area contributed by atoms with E-state index in [2.05, 4.69) is 5.32 Å². The Kier molecular flexibility index (Phi) is 5.83. The summed E-state index contributed by atoms with van der Waals surface area (Å²) in [5.74, 6) is 0.330. The van der Waals surface area contributed by atoms with Crippen LogP contribution in [-0.2, 0) is 9.53 Å². The molecule has 0 saturated heterocycles. The average Bonchev–Trinajstić information content (AvgIpc) is 3.15. The minimum atomic E-state index is -0.602. The minimum absolute atomic E-state index is 0.0293. The predicted octanol–water partition coefficient (Wildman–Crippen LogP) is 2.33. The third-order valence-corrected chi connectivity index (χ3v) is 3.46. The molecule has 0 saturated carbocycles. The molecular formula is C17H19NO6. The summed E-state index contributed by atoms with van der Waals surface area (Å²) in [7, 11) is 4.34. The van der Waals surface area contributed by atoms with Crippen molar-refractivity contribution in [3.8, 4) is 11.5 Å². The molecule has 1 N–H and O–H groups in total. The molecule has 1 unspecified atom stereocenters. The van der Waals surface area contributed by atoms with Crippen LogP contribution < -0.4 is 14.8 Å². The van der Waals surface area contributed by atoms with Gasteiger partial charge in [0, 0.05) is 0 Å². The molecule has 1 atom stereocenters. The molecule has 2 aromatic rings. The monoisotopic (exact) mass is 333 g/mol. The van der Waals surface area contributed by atoms with E-state index < -0.39 is 17.9 Å². The molecule has 0 spiro atoms. The van der Waals surface area contributed by atoms with Crippen LogP contribution in [0.1, 0.15) is 28.6 Å². The number of ether oxygens (including phenoxy) is 3. The van der Waals surface area contributed by atoms with Gasteiger partial charge in [0.1, 0.15) is 0 Å². The molecule has 1 aromatic carbocycles. The SMILES string of the molecule is COC(=O)CC(NC(=O)c1ccco1)c1ccc(OC)c(OC)c1. The highest BCUT2D eigenvalue weighted by Gasteiger charge is 2.22. The summed E-state index contributed by atoms with van der Waals surface area (Å²) in [6.07, 6.45) is 1.37. The summed E-state index contributed by atoms with van der Waals surface area (Å²) in [6.45, 7) is 0. The lowest BCUT2D eigenvalue weighted by molar-refractivity contribution is -0.141. The van der Waals surface area contributed by atoms with Crippen LogP contribution >= 0.6 is 0 Å². The van der Waals surface area contributed by atoms with Crippen molar-refractivity contribution >= 4 is 11.9 Å². The fourth-order valence-electron chi connectivity index (χ4n) is 2.21. The number of benzene rings is 1. The Bertz CT molecular complexity index is 695. The van der Waals surface area contributed by atoms with Crippen molar-refractivity contribution in [1.82, 2.24) is 5.32 Å². The van der Waals surface area contributed by atoms with Crippen LogP contribution in [0, 0.1) is 0 Å². The Labute approximate surface area is 139 Å². The summed E-state index contributed by atoms with van der Waals surface area (Å²) >= 11 is 0. The number of esters is 1. The van der Waals surface area contributed by atoms with Crippen molar-refractivity contribution < 1.29 is 28.2 Å². The van der Waals surface area contributed by atoms with Gasteiger partial charge in [-0.25, -0.2) is 0 Å². The first-order chi connectivity index (χ1) is 11.6. The van der Waals surface area contributed by atoms with E-state index in [-0.39, 0.29) is 12.2 Å². The van der Waals surface area contributed by atoms with Gasteiger partial charge in [-0.3, -0.25) is 9.59 Å². The van der Waals surface area contributed by atoms with Crippen molar-refractivity contribution in [2.45, 2.75) is 12.5 Å². The van der Waals surface area contributed by atoms with Crippen molar-refractivity contribution in [1.29, 1.82) is 0 Å². The average molecular weight is 333 g/mol.